The molecule has 0 radical (unpaired) electrons. The van der Waals surface area contributed by atoms with Gasteiger partial charge in [0.1, 0.15) is 12.3 Å². The van der Waals surface area contributed by atoms with Gasteiger partial charge >= 0.3 is 94.4 Å². The molecule has 1 aliphatic rings. The number of rotatable bonds is 6. The van der Waals surface area contributed by atoms with E-state index in [4.69, 9.17) is 27.9 Å². The molecule has 1 fully saturated rings. The topological polar surface area (TPSA) is 197 Å². The number of nitrogens with one attached hydrogen (secondary N) is 1. The van der Waals surface area contributed by atoms with Gasteiger partial charge in [-0.2, -0.15) is 4.39 Å². The molecule has 0 amide bonds. The maximum atomic E-state index is 13.3. The Morgan fingerprint density at radius 3 is 2.33 bits per heavy atom. The van der Waals surface area contributed by atoms with E-state index in [0.717, 1.165) is 0 Å². The molecule has 30 heavy (non-hydrogen) atoms. The summed E-state index contributed by atoms with van der Waals surface area (Å²) in [6.07, 6.45) is -4.00. The van der Waals surface area contributed by atoms with Crippen LogP contribution in [0.2, 0.25) is 0 Å². The fraction of sp³-hybridized carbons (Fsp3) is 0.600. The Morgan fingerprint density at radius 2 is 1.83 bits per heavy atom. The predicted molar refractivity (Wildman–Crippen MR) is 81.4 cm³/mol. The van der Waals surface area contributed by atoms with Crippen molar-refractivity contribution in [1.29, 1.82) is 0 Å². The Kier molecular flexibility index (Phi) is 14.9. The summed E-state index contributed by atoms with van der Waals surface area (Å²) in [5.41, 5.74) is -2.34. The first-order chi connectivity index (χ1) is 12.2. The largest absolute Gasteiger partial charge is 1.00 e. The van der Waals surface area contributed by atoms with Crippen LogP contribution in [0.15, 0.2) is 15.8 Å². The van der Waals surface area contributed by atoms with Crippen LogP contribution in [-0.4, -0.2) is 37.3 Å². The smallest absolute Gasteiger partial charge is 0.808 e. The average molecular weight is 539 g/mol. The molecule has 0 aromatic carbocycles. The zero-order valence-electron chi connectivity index (χ0n) is 15.8. The fourth-order valence-electron chi connectivity index (χ4n) is 2.11. The first kappa shape index (κ1) is 34.6. The van der Waals surface area contributed by atoms with Gasteiger partial charge in [-0.25, -0.2) is 4.79 Å². The van der Waals surface area contributed by atoms with Gasteiger partial charge in [0.05, 0.1) is 18.9 Å². The zero-order chi connectivity index (χ0) is 20.8. The average Bonchev–Trinajstić information content (AvgIpc) is 2.88. The number of halogens is 3. The second-order valence-electron chi connectivity index (χ2n) is 5.38. The molecule has 2 N–H and O–H groups in total. The SMILES string of the molecule is O=c1[nH]c(=O)n([C@H]2C[C@H](O)[C@@H](COP(=O)([O-])C(Cl)(Cl)P(=O)([O-])[O-])O2)cc1F.[Na+].[Na+].[Na+]. The van der Waals surface area contributed by atoms with Crippen LogP contribution in [0.1, 0.15) is 12.6 Å². The zero-order valence-corrected chi connectivity index (χ0v) is 25.1. The van der Waals surface area contributed by atoms with Crippen molar-refractivity contribution in [2.24, 2.45) is 0 Å². The number of hydrogen-bond donors (Lipinski definition) is 2. The van der Waals surface area contributed by atoms with Gasteiger partial charge in [0.2, 0.25) is 9.63 Å². The maximum absolute atomic E-state index is 13.3. The van der Waals surface area contributed by atoms with E-state index in [1.54, 1.807) is 4.98 Å². The Morgan fingerprint density at radius 1 is 1.30 bits per heavy atom. The number of aromatic nitrogens is 2. The van der Waals surface area contributed by atoms with E-state index in [1.165, 1.54) is 0 Å². The van der Waals surface area contributed by atoms with Crippen LogP contribution >= 0.6 is 38.4 Å². The summed E-state index contributed by atoms with van der Waals surface area (Å²) in [5.74, 6) is -1.31. The molecule has 4 atom stereocenters. The Hall–Kier alpha value is 2.41. The molecule has 2 heterocycles. The van der Waals surface area contributed by atoms with Crippen molar-refractivity contribution in [3.63, 3.8) is 0 Å². The minimum Gasteiger partial charge on any atom is -0.808 e. The van der Waals surface area contributed by atoms with E-state index < -0.39 is 61.1 Å². The standard InChI is InChI=1S/C10H13Cl2FN2O10P2.3Na/c11-10(12,26(19,20)21)27(22,23)24-3-6-5(16)1-7(25-6)15-2-4(13)8(17)14-9(15)18;;;/h2,5-7,16H,1,3H2,(H,22,23)(H,14,17,18)(H2,19,20,21);;;/q;3*+1/p-3/t5-,6+,7+;;;/m0.../s1. The van der Waals surface area contributed by atoms with E-state index in [0.29, 0.717) is 10.8 Å². The Bertz CT molecular complexity index is 943. The second kappa shape index (κ2) is 12.9. The third kappa shape index (κ3) is 7.71. The fourth-order valence-corrected chi connectivity index (χ4v) is 4.27. The van der Waals surface area contributed by atoms with Gasteiger partial charge in [-0.05, 0) is 7.60 Å². The normalized spacial score (nSPS) is 23.5. The van der Waals surface area contributed by atoms with Crippen molar-refractivity contribution >= 4 is 38.4 Å². The van der Waals surface area contributed by atoms with Gasteiger partial charge in [0.25, 0.3) is 5.56 Å². The summed E-state index contributed by atoms with van der Waals surface area (Å²) in [6, 6.07) is 0. The number of aliphatic hydroxyl groups excluding tert-OH is 1. The van der Waals surface area contributed by atoms with Crippen molar-refractivity contribution in [3.8, 4) is 0 Å². The van der Waals surface area contributed by atoms with Gasteiger partial charge in [0, 0.05) is 6.42 Å². The Balaban J connectivity index is 0. The molecule has 12 nitrogen and oxygen atoms in total. The second-order valence-corrected chi connectivity index (χ2v) is 11.7. The monoisotopic (exact) mass is 538 g/mol. The van der Waals surface area contributed by atoms with Crippen molar-refractivity contribution in [3.05, 3.63) is 32.9 Å². The molecule has 0 spiro atoms. The number of aromatic amines is 1. The number of aliphatic hydroxyl groups is 1. The van der Waals surface area contributed by atoms with Crippen LogP contribution in [0.3, 0.4) is 0 Å². The first-order valence-electron chi connectivity index (χ1n) is 6.87. The first-order valence-corrected chi connectivity index (χ1v) is 10.7. The molecule has 0 aliphatic carbocycles. The summed E-state index contributed by atoms with van der Waals surface area (Å²) < 4.78 is 42.2. The van der Waals surface area contributed by atoms with E-state index in [-0.39, 0.29) is 95.1 Å². The van der Waals surface area contributed by atoms with Crippen molar-refractivity contribution < 1.29 is 131 Å². The molecule has 1 aromatic heterocycles. The van der Waals surface area contributed by atoms with Gasteiger partial charge in [-0.15, -0.1) is 0 Å². The summed E-state index contributed by atoms with van der Waals surface area (Å²) >= 11 is 10.1. The minimum atomic E-state index is -6.04. The van der Waals surface area contributed by atoms with E-state index in [2.05, 4.69) is 4.52 Å². The molecule has 1 saturated heterocycles. The van der Waals surface area contributed by atoms with Crippen LogP contribution in [0.5, 0.6) is 0 Å². The summed E-state index contributed by atoms with van der Waals surface area (Å²) in [4.78, 5) is 57.8. The summed E-state index contributed by atoms with van der Waals surface area (Å²) in [6.45, 7) is -1.01. The number of hydrogen-bond acceptors (Lipinski definition) is 10. The maximum Gasteiger partial charge on any atom is 1.00 e. The molecule has 0 saturated carbocycles. The summed E-state index contributed by atoms with van der Waals surface area (Å²) in [7, 11) is -11.7. The van der Waals surface area contributed by atoms with E-state index in [9.17, 15) is 42.9 Å². The summed E-state index contributed by atoms with van der Waals surface area (Å²) in [5, 5.41) is 9.87. The minimum absolute atomic E-state index is 0. The molecule has 154 valence electrons. The third-order valence-corrected chi connectivity index (χ3v) is 9.27. The molecule has 0 bridgehead atoms. The van der Waals surface area contributed by atoms with Gasteiger partial charge in [-0.1, -0.05) is 23.2 Å². The molecule has 2 rings (SSSR count). The van der Waals surface area contributed by atoms with Crippen molar-refractivity contribution in [2.45, 2.75) is 28.7 Å². The van der Waals surface area contributed by atoms with Crippen LogP contribution < -0.4 is 115 Å². The molecule has 1 unspecified atom stereocenters. The van der Waals surface area contributed by atoms with Crippen LogP contribution in [0.4, 0.5) is 4.39 Å². The van der Waals surface area contributed by atoms with Crippen LogP contribution in [0, 0.1) is 5.82 Å². The molecular formula is C10H10Cl2FN2Na3O10P2. The molecule has 1 aliphatic heterocycles. The number of nitrogens with zero attached hydrogens (tertiary/aromatic N) is 1. The van der Waals surface area contributed by atoms with Gasteiger partial charge < -0.3 is 38.2 Å². The molecule has 20 heteroatoms. The predicted octanol–water partition coefficient (Wildman–Crippen LogP) is -11.1. The molecular weight excluding hydrogens is 529 g/mol. The van der Waals surface area contributed by atoms with E-state index in [1.807, 2.05) is 0 Å². The third-order valence-electron chi connectivity index (χ3n) is 3.51. The number of alkyl halides is 2. The van der Waals surface area contributed by atoms with E-state index >= 15 is 0 Å². The van der Waals surface area contributed by atoms with Crippen molar-refractivity contribution in [1.82, 2.24) is 9.55 Å². The Labute approximate surface area is 244 Å². The number of ether oxygens (including phenoxy) is 1. The van der Waals surface area contributed by atoms with Crippen LogP contribution in [0.25, 0.3) is 0 Å². The quantitative estimate of drug-likeness (QED) is 0.199. The van der Waals surface area contributed by atoms with Gasteiger partial charge in [-0.3, -0.25) is 14.3 Å². The van der Waals surface area contributed by atoms with Crippen LogP contribution in [-0.2, 0) is 18.4 Å². The van der Waals surface area contributed by atoms with Crippen molar-refractivity contribution in [2.75, 3.05) is 6.61 Å². The molecule has 1 aromatic rings. The van der Waals surface area contributed by atoms with Gasteiger partial charge in [0.15, 0.2) is 7.60 Å². The number of H-pyrrole nitrogens is 1.